The van der Waals surface area contributed by atoms with E-state index in [0.717, 1.165) is 17.3 Å². The lowest BCUT2D eigenvalue weighted by Gasteiger charge is -2.19. The highest BCUT2D eigenvalue weighted by Gasteiger charge is 2.16. The molecule has 1 nitrogen and oxygen atoms in total. The van der Waals surface area contributed by atoms with Crippen LogP contribution in [0.3, 0.4) is 0 Å². The van der Waals surface area contributed by atoms with Gasteiger partial charge in [-0.3, -0.25) is 0 Å². The third-order valence-corrected chi connectivity index (χ3v) is 4.35. The Labute approximate surface area is 124 Å². The Kier molecular flexibility index (Phi) is 5.03. The third kappa shape index (κ3) is 3.82. The molecular formula is C16H20ClNS. The van der Waals surface area contributed by atoms with Gasteiger partial charge in [0, 0.05) is 4.88 Å². The molecule has 0 aliphatic heterocycles. The molecule has 2 aromatic rings. The lowest BCUT2D eigenvalue weighted by Crippen LogP contribution is -2.22. The fourth-order valence-electron chi connectivity index (χ4n) is 2.33. The zero-order valence-corrected chi connectivity index (χ0v) is 13.2. The molecule has 0 saturated heterocycles. The molecular weight excluding hydrogens is 274 g/mol. The van der Waals surface area contributed by atoms with Crippen LogP contribution >= 0.6 is 22.9 Å². The average Bonchev–Trinajstić information content (AvgIpc) is 2.75. The first-order chi connectivity index (χ1) is 9.10. The number of halogens is 1. The molecule has 1 atom stereocenters. The number of hydrogen-bond donors (Lipinski definition) is 1. The Morgan fingerprint density at radius 3 is 2.37 bits per heavy atom. The minimum Gasteiger partial charge on any atom is -0.306 e. The van der Waals surface area contributed by atoms with Crippen LogP contribution in [0.1, 0.15) is 41.0 Å². The van der Waals surface area contributed by atoms with Crippen LogP contribution in [0, 0.1) is 13.8 Å². The summed E-state index contributed by atoms with van der Waals surface area (Å²) in [5, 5.41) is 3.62. The zero-order chi connectivity index (χ0) is 13.8. The van der Waals surface area contributed by atoms with Gasteiger partial charge in [-0.05, 0) is 44.5 Å². The maximum Gasteiger partial charge on any atom is 0.0931 e. The van der Waals surface area contributed by atoms with Gasteiger partial charge in [-0.25, -0.2) is 0 Å². The molecule has 1 unspecified atom stereocenters. The number of thiophene rings is 1. The van der Waals surface area contributed by atoms with E-state index in [1.54, 1.807) is 11.3 Å². The molecule has 1 N–H and O–H groups in total. The molecule has 1 aromatic heterocycles. The Hall–Kier alpha value is -0.830. The van der Waals surface area contributed by atoms with Gasteiger partial charge in [0.1, 0.15) is 0 Å². The fraction of sp³-hybridized carbons (Fsp3) is 0.375. The Morgan fingerprint density at radius 2 is 1.84 bits per heavy atom. The summed E-state index contributed by atoms with van der Waals surface area (Å²) in [4.78, 5) is 1.28. The monoisotopic (exact) mass is 293 g/mol. The van der Waals surface area contributed by atoms with E-state index in [9.17, 15) is 0 Å². The van der Waals surface area contributed by atoms with E-state index in [0.29, 0.717) is 0 Å². The van der Waals surface area contributed by atoms with Crippen molar-refractivity contribution >= 4 is 22.9 Å². The van der Waals surface area contributed by atoms with Crippen molar-refractivity contribution in [3.05, 3.63) is 56.2 Å². The number of hydrogen-bond acceptors (Lipinski definition) is 2. The number of benzene rings is 1. The first-order valence-corrected chi connectivity index (χ1v) is 7.86. The van der Waals surface area contributed by atoms with Gasteiger partial charge >= 0.3 is 0 Å². The summed E-state index contributed by atoms with van der Waals surface area (Å²) in [7, 11) is 0. The molecule has 0 aliphatic carbocycles. The molecule has 0 saturated carbocycles. The summed E-state index contributed by atoms with van der Waals surface area (Å²) in [6.45, 7) is 7.49. The summed E-state index contributed by atoms with van der Waals surface area (Å²) in [5.74, 6) is 0. The zero-order valence-electron chi connectivity index (χ0n) is 11.7. The standard InChI is InChI=1S/C16H20ClNS/c1-4-7-18-16(14-5-6-15(17)19-14)13-9-11(2)8-12(3)10-13/h5-6,8-10,16,18H,4,7H2,1-3H3. The molecule has 0 bridgehead atoms. The second-order valence-electron chi connectivity index (χ2n) is 4.95. The Morgan fingerprint density at radius 1 is 1.16 bits per heavy atom. The summed E-state index contributed by atoms with van der Waals surface area (Å²) < 4.78 is 0.850. The highest BCUT2D eigenvalue weighted by atomic mass is 35.5. The topological polar surface area (TPSA) is 12.0 Å². The fourth-order valence-corrected chi connectivity index (χ4v) is 3.50. The van der Waals surface area contributed by atoms with Gasteiger partial charge in [0.05, 0.1) is 10.4 Å². The predicted octanol–water partition coefficient (Wildman–Crippen LogP) is 5.11. The maximum atomic E-state index is 6.08. The molecule has 0 radical (unpaired) electrons. The second kappa shape index (κ2) is 6.56. The molecule has 0 amide bonds. The highest BCUT2D eigenvalue weighted by molar-refractivity contribution is 7.16. The molecule has 0 aliphatic rings. The molecule has 102 valence electrons. The van der Waals surface area contributed by atoms with Gasteiger partial charge in [0.25, 0.3) is 0 Å². The van der Waals surface area contributed by atoms with Crippen molar-refractivity contribution in [2.45, 2.75) is 33.2 Å². The summed E-state index contributed by atoms with van der Waals surface area (Å²) in [6.07, 6.45) is 1.13. The van der Waals surface area contributed by atoms with Gasteiger partial charge in [-0.2, -0.15) is 0 Å². The molecule has 19 heavy (non-hydrogen) atoms. The van der Waals surface area contributed by atoms with Crippen LogP contribution in [0.25, 0.3) is 0 Å². The maximum absolute atomic E-state index is 6.08. The molecule has 0 fully saturated rings. The highest BCUT2D eigenvalue weighted by Crippen LogP contribution is 2.31. The van der Waals surface area contributed by atoms with Crippen molar-refractivity contribution in [2.24, 2.45) is 0 Å². The van der Waals surface area contributed by atoms with Crippen molar-refractivity contribution in [3.63, 3.8) is 0 Å². The summed E-state index contributed by atoms with van der Waals surface area (Å²) in [5.41, 5.74) is 3.94. The van der Waals surface area contributed by atoms with Crippen LogP contribution in [0.15, 0.2) is 30.3 Å². The molecule has 1 aromatic carbocycles. The SMILES string of the molecule is CCCNC(c1cc(C)cc(C)c1)c1ccc(Cl)s1. The minimum atomic E-state index is 0.246. The van der Waals surface area contributed by atoms with Crippen molar-refractivity contribution in [2.75, 3.05) is 6.54 Å². The van der Waals surface area contributed by atoms with Gasteiger partial charge in [-0.15, -0.1) is 11.3 Å². The normalized spacial score (nSPS) is 12.6. The van der Waals surface area contributed by atoms with Gasteiger partial charge in [-0.1, -0.05) is 47.9 Å². The Bertz CT molecular complexity index is 527. The van der Waals surface area contributed by atoms with E-state index in [1.807, 2.05) is 6.07 Å². The van der Waals surface area contributed by atoms with Gasteiger partial charge < -0.3 is 5.32 Å². The van der Waals surface area contributed by atoms with E-state index in [1.165, 1.54) is 21.6 Å². The largest absolute Gasteiger partial charge is 0.306 e. The molecule has 0 spiro atoms. The Balaban J connectivity index is 2.36. The van der Waals surface area contributed by atoms with E-state index >= 15 is 0 Å². The van der Waals surface area contributed by atoms with Crippen molar-refractivity contribution in [3.8, 4) is 0 Å². The first-order valence-electron chi connectivity index (χ1n) is 6.67. The van der Waals surface area contributed by atoms with Crippen molar-refractivity contribution < 1.29 is 0 Å². The second-order valence-corrected chi connectivity index (χ2v) is 6.70. The summed E-state index contributed by atoms with van der Waals surface area (Å²) >= 11 is 7.74. The predicted molar refractivity (Wildman–Crippen MR) is 85.4 cm³/mol. The quantitative estimate of drug-likeness (QED) is 0.808. The van der Waals surface area contributed by atoms with Crippen LogP contribution in [0.5, 0.6) is 0 Å². The van der Waals surface area contributed by atoms with E-state index in [-0.39, 0.29) is 6.04 Å². The smallest absolute Gasteiger partial charge is 0.0931 e. The minimum absolute atomic E-state index is 0.246. The van der Waals surface area contributed by atoms with Gasteiger partial charge in [0.15, 0.2) is 0 Å². The molecule has 2 rings (SSSR count). The van der Waals surface area contributed by atoms with Crippen LogP contribution in [-0.2, 0) is 0 Å². The third-order valence-electron chi connectivity index (χ3n) is 3.05. The van der Waals surface area contributed by atoms with Gasteiger partial charge in [0.2, 0.25) is 0 Å². The lowest BCUT2D eigenvalue weighted by molar-refractivity contribution is 0.605. The van der Waals surface area contributed by atoms with Crippen LogP contribution < -0.4 is 5.32 Å². The van der Waals surface area contributed by atoms with Crippen LogP contribution in [0.2, 0.25) is 4.34 Å². The van der Waals surface area contributed by atoms with E-state index in [2.05, 4.69) is 50.4 Å². The molecule has 3 heteroatoms. The van der Waals surface area contributed by atoms with E-state index in [4.69, 9.17) is 11.6 Å². The van der Waals surface area contributed by atoms with E-state index < -0.39 is 0 Å². The van der Waals surface area contributed by atoms with Crippen LogP contribution in [-0.4, -0.2) is 6.54 Å². The number of rotatable bonds is 5. The van der Waals surface area contributed by atoms with Crippen LogP contribution in [0.4, 0.5) is 0 Å². The molecule has 1 heterocycles. The van der Waals surface area contributed by atoms with Crippen molar-refractivity contribution in [1.29, 1.82) is 0 Å². The first kappa shape index (κ1) is 14.6. The number of nitrogens with one attached hydrogen (secondary N) is 1. The summed E-state index contributed by atoms with van der Waals surface area (Å²) in [6, 6.07) is 11.1. The van der Waals surface area contributed by atoms with Crippen molar-refractivity contribution in [1.82, 2.24) is 5.32 Å². The lowest BCUT2D eigenvalue weighted by atomic mass is 10.00. The average molecular weight is 294 g/mol. The number of aryl methyl sites for hydroxylation is 2.